The first-order valence-corrected chi connectivity index (χ1v) is 9.55. The van der Waals surface area contributed by atoms with Gasteiger partial charge in [0.05, 0.1) is 5.41 Å². The lowest BCUT2D eigenvalue weighted by atomic mass is 9.64. The molecular formula is C20H22BrN3O2. The van der Waals surface area contributed by atoms with Gasteiger partial charge in [0.1, 0.15) is 0 Å². The minimum atomic E-state index is -0.469. The summed E-state index contributed by atoms with van der Waals surface area (Å²) in [6.07, 6.45) is 2.73. The highest BCUT2D eigenvalue weighted by Gasteiger charge is 2.45. The van der Waals surface area contributed by atoms with Gasteiger partial charge >= 0.3 is 6.03 Å². The van der Waals surface area contributed by atoms with E-state index in [-0.39, 0.29) is 11.9 Å². The maximum absolute atomic E-state index is 13.0. The minimum absolute atomic E-state index is 0.00114. The molecular weight excluding hydrogens is 394 g/mol. The number of carbonyl (C=O) groups excluding carboxylic acids is 2. The van der Waals surface area contributed by atoms with Gasteiger partial charge in [-0.25, -0.2) is 4.79 Å². The monoisotopic (exact) mass is 415 g/mol. The van der Waals surface area contributed by atoms with Crippen molar-refractivity contribution in [2.75, 3.05) is 17.2 Å². The van der Waals surface area contributed by atoms with Crippen LogP contribution in [0.1, 0.15) is 31.7 Å². The van der Waals surface area contributed by atoms with Gasteiger partial charge in [-0.3, -0.25) is 4.79 Å². The average molecular weight is 416 g/mol. The van der Waals surface area contributed by atoms with E-state index in [2.05, 4.69) is 31.9 Å². The number of hydrogen-bond donors (Lipinski definition) is 3. The van der Waals surface area contributed by atoms with E-state index in [0.717, 1.165) is 29.3 Å². The molecule has 136 valence electrons. The van der Waals surface area contributed by atoms with Crippen LogP contribution in [0.25, 0.3) is 0 Å². The highest BCUT2D eigenvalue weighted by atomic mass is 79.9. The van der Waals surface area contributed by atoms with Gasteiger partial charge in [0.2, 0.25) is 5.91 Å². The molecule has 0 aliphatic heterocycles. The molecule has 0 spiro atoms. The van der Waals surface area contributed by atoms with Gasteiger partial charge in [0.15, 0.2) is 0 Å². The lowest BCUT2D eigenvalue weighted by Gasteiger charge is -2.40. The molecule has 0 radical (unpaired) electrons. The molecule has 2 aromatic carbocycles. The van der Waals surface area contributed by atoms with E-state index in [4.69, 9.17) is 0 Å². The number of anilines is 2. The number of nitrogens with one attached hydrogen (secondary N) is 3. The van der Waals surface area contributed by atoms with Crippen molar-refractivity contribution in [1.29, 1.82) is 0 Å². The summed E-state index contributed by atoms with van der Waals surface area (Å²) in [7, 11) is 0. The SMILES string of the molecule is CCNC(=O)Nc1cccc(NC(=O)C2(c3ccc(Br)cc3)CCC2)c1. The predicted molar refractivity (Wildman–Crippen MR) is 107 cm³/mol. The Kier molecular flexibility index (Phi) is 5.61. The van der Waals surface area contributed by atoms with Crippen LogP contribution in [0.15, 0.2) is 53.0 Å². The predicted octanol–water partition coefficient (Wildman–Crippen LogP) is 4.65. The van der Waals surface area contributed by atoms with Crippen molar-refractivity contribution in [3.8, 4) is 0 Å². The standard InChI is InChI=1S/C20H22BrN3O2/c1-2-22-19(26)24-17-6-3-5-16(13-17)23-18(25)20(11-4-12-20)14-7-9-15(21)10-8-14/h3,5-10,13H,2,4,11-12H2,1H3,(H,23,25)(H2,22,24,26). The summed E-state index contributed by atoms with van der Waals surface area (Å²) in [6, 6.07) is 14.9. The summed E-state index contributed by atoms with van der Waals surface area (Å²) in [5.74, 6) is 0.00114. The van der Waals surface area contributed by atoms with Crippen LogP contribution in [0.4, 0.5) is 16.2 Å². The van der Waals surface area contributed by atoms with E-state index < -0.39 is 5.41 Å². The van der Waals surface area contributed by atoms with Crippen molar-refractivity contribution in [2.24, 2.45) is 0 Å². The molecule has 3 N–H and O–H groups in total. The summed E-state index contributed by atoms with van der Waals surface area (Å²) in [5.41, 5.74) is 1.89. The van der Waals surface area contributed by atoms with Crippen LogP contribution in [-0.2, 0) is 10.2 Å². The average Bonchev–Trinajstić information content (AvgIpc) is 2.56. The quantitative estimate of drug-likeness (QED) is 0.664. The molecule has 0 unspecified atom stereocenters. The maximum Gasteiger partial charge on any atom is 0.319 e. The second-order valence-electron chi connectivity index (χ2n) is 6.46. The Morgan fingerprint density at radius 2 is 1.69 bits per heavy atom. The third kappa shape index (κ3) is 3.90. The Labute approximate surface area is 161 Å². The fourth-order valence-corrected chi connectivity index (χ4v) is 3.47. The van der Waals surface area contributed by atoms with Gasteiger partial charge in [-0.15, -0.1) is 0 Å². The zero-order chi connectivity index (χ0) is 18.6. The number of urea groups is 1. The zero-order valence-electron chi connectivity index (χ0n) is 14.6. The van der Waals surface area contributed by atoms with Gasteiger partial charge in [-0.05, 0) is 55.7 Å². The summed E-state index contributed by atoms with van der Waals surface area (Å²) < 4.78 is 1.00. The highest BCUT2D eigenvalue weighted by Crippen LogP contribution is 2.45. The van der Waals surface area contributed by atoms with Crippen LogP contribution in [0, 0.1) is 0 Å². The first-order chi connectivity index (χ1) is 12.5. The number of amides is 3. The van der Waals surface area contributed by atoms with Crippen molar-refractivity contribution < 1.29 is 9.59 Å². The minimum Gasteiger partial charge on any atom is -0.338 e. The van der Waals surface area contributed by atoms with Gasteiger partial charge in [0, 0.05) is 22.4 Å². The molecule has 1 aliphatic rings. The van der Waals surface area contributed by atoms with Crippen molar-refractivity contribution in [3.63, 3.8) is 0 Å². The number of benzene rings is 2. The first-order valence-electron chi connectivity index (χ1n) is 8.76. The van der Waals surface area contributed by atoms with E-state index in [1.807, 2.05) is 43.3 Å². The molecule has 1 fully saturated rings. The number of rotatable bonds is 5. The van der Waals surface area contributed by atoms with Gasteiger partial charge in [-0.1, -0.05) is 40.5 Å². The molecule has 0 heterocycles. The Bertz CT molecular complexity index is 801. The second-order valence-corrected chi connectivity index (χ2v) is 7.38. The summed E-state index contributed by atoms with van der Waals surface area (Å²) in [5, 5.41) is 8.46. The van der Waals surface area contributed by atoms with E-state index in [0.29, 0.717) is 17.9 Å². The van der Waals surface area contributed by atoms with Crippen LogP contribution < -0.4 is 16.0 Å². The molecule has 26 heavy (non-hydrogen) atoms. The second kappa shape index (κ2) is 7.91. The lowest BCUT2D eigenvalue weighted by molar-refractivity contribution is -0.124. The first kappa shape index (κ1) is 18.5. The Balaban J connectivity index is 1.74. The summed E-state index contributed by atoms with van der Waals surface area (Å²) in [6.45, 7) is 2.41. The molecule has 0 atom stereocenters. The van der Waals surface area contributed by atoms with Crippen LogP contribution in [0.2, 0.25) is 0 Å². The lowest BCUT2D eigenvalue weighted by Crippen LogP contribution is -2.46. The molecule has 0 aromatic heterocycles. The van der Waals surface area contributed by atoms with Crippen molar-refractivity contribution in [3.05, 3.63) is 58.6 Å². The smallest absolute Gasteiger partial charge is 0.319 e. The van der Waals surface area contributed by atoms with E-state index in [9.17, 15) is 9.59 Å². The van der Waals surface area contributed by atoms with E-state index in [1.165, 1.54) is 0 Å². The number of carbonyl (C=O) groups is 2. The molecule has 6 heteroatoms. The summed E-state index contributed by atoms with van der Waals surface area (Å²) in [4.78, 5) is 24.7. The van der Waals surface area contributed by atoms with Crippen molar-refractivity contribution in [1.82, 2.24) is 5.32 Å². The fourth-order valence-electron chi connectivity index (χ4n) is 3.21. The zero-order valence-corrected chi connectivity index (χ0v) is 16.2. The third-order valence-corrected chi connectivity index (χ3v) is 5.28. The topological polar surface area (TPSA) is 70.2 Å². The molecule has 2 aromatic rings. The van der Waals surface area contributed by atoms with Gasteiger partial charge < -0.3 is 16.0 Å². The molecule has 1 aliphatic carbocycles. The number of halogens is 1. The maximum atomic E-state index is 13.0. The Hall–Kier alpha value is -2.34. The molecule has 5 nitrogen and oxygen atoms in total. The van der Waals surface area contributed by atoms with Crippen molar-refractivity contribution in [2.45, 2.75) is 31.6 Å². The van der Waals surface area contributed by atoms with E-state index >= 15 is 0 Å². The molecule has 3 amide bonds. The van der Waals surface area contributed by atoms with E-state index in [1.54, 1.807) is 12.1 Å². The van der Waals surface area contributed by atoms with Crippen LogP contribution >= 0.6 is 15.9 Å². The van der Waals surface area contributed by atoms with Crippen LogP contribution in [-0.4, -0.2) is 18.5 Å². The Morgan fingerprint density at radius 3 is 2.27 bits per heavy atom. The van der Waals surface area contributed by atoms with Crippen molar-refractivity contribution >= 4 is 39.2 Å². The number of hydrogen-bond acceptors (Lipinski definition) is 2. The van der Waals surface area contributed by atoms with Crippen LogP contribution in [0.5, 0.6) is 0 Å². The molecule has 0 bridgehead atoms. The molecule has 3 rings (SSSR count). The molecule has 0 saturated heterocycles. The third-order valence-electron chi connectivity index (χ3n) is 4.75. The fraction of sp³-hybridized carbons (Fsp3) is 0.300. The van der Waals surface area contributed by atoms with Gasteiger partial charge in [0.25, 0.3) is 0 Å². The van der Waals surface area contributed by atoms with Crippen LogP contribution in [0.3, 0.4) is 0 Å². The Morgan fingerprint density at radius 1 is 1.04 bits per heavy atom. The molecule has 1 saturated carbocycles. The van der Waals surface area contributed by atoms with Gasteiger partial charge in [-0.2, -0.15) is 0 Å². The normalized spacial score (nSPS) is 14.8. The highest BCUT2D eigenvalue weighted by molar-refractivity contribution is 9.10. The largest absolute Gasteiger partial charge is 0.338 e. The summed E-state index contributed by atoms with van der Waals surface area (Å²) >= 11 is 3.44.